The lowest BCUT2D eigenvalue weighted by Gasteiger charge is -2.20. The van der Waals surface area contributed by atoms with Crippen LogP contribution in [0.1, 0.15) is 67.8 Å². The van der Waals surface area contributed by atoms with E-state index in [1.54, 1.807) is 0 Å². The number of aromatic hydroxyl groups is 2. The van der Waals surface area contributed by atoms with Crippen LogP contribution in [0.5, 0.6) is 17.2 Å². The number of phenolic OH excluding ortho intramolecular Hbond substituents is 2. The van der Waals surface area contributed by atoms with Crippen LogP contribution in [0.3, 0.4) is 0 Å². The molecule has 0 saturated carbocycles. The van der Waals surface area contributed by atoms with Crippen LogP contribution in [0.25, 0.3) is 0 Å². The fraction of sp³-hybridized carbons (Fsp3) is 0.588. The lowest BCUT2D eigenvalue weighted by Crippen LogP contribution is -2.11. The van der Waals surface area contributed by atoms with E-state index in [0.29, 0.717) is 30.8 Å². The molecular formula is C17H24O4. The maximum absolute atomic E-state index is 12.2. The van der Waals surface area contributed by atoms with Gasteiger partial charge in [-0.2, -0.15) is 0 Å². The summed E-state index contributed by atoms with van der Waals surface area (Å²) in [5.74, 6) is 0.0422. The monoisotopic (exact) mass is 292 g/mol. The second-order valence-corrected chi connectivity index (χ2v) is 5.64. The maximum atomic E-state index is 12.2. The van der Waals surface area contributed by atoms with E-state index < -0.39 is 0 Å². The lowest BCUT2D eigenvalue weighted by molar-refractivity contribution is 0.0973. The molecule has 0 unspecified atom stereocenters. The van der Waals surface area contributed by atoms with Crippen LogP contribution in [-0.4, -0.2) is 22.6 Å². The Morgan fingerprint density at radius 1 is 1.24 bits per heavy atom. The van der Waals surface area contributed by atoms with Gasteiger partial charge in [-0.15, -0.1) is 0 Å². The van der Waals surface area contributed by atoms with Gasteiger partial charge in [0.05, 0.1) is 6.61 Å². The van der Waals surface area contributed by atoms with E-state index in [2.05, 4.69) is 6.92 Å². The standard InChI is InChI=1S/C17H24O4/c1-2-3-4-5-6-9-13(18)16-14(19)11-15-12(17(16)20)8-7-10-21-15/h11,19-20H,2-10H2,1H3. The third kappa shape index (κ3) is 3.69. The number of carbonyl (C=O) groups is 1. The molecule has 0 bridgehead atoms. The molecule has 4 heteroatoms. The van der Waals surface area contributed by atoms with Crippen molar-refractivity contribution in [3.8, 4) is 17.2 Å². The van der Waals surface area contributed by atoms with Crippen LogP contribution in [0.2, 0.25) is 0 Å². The first-order chi connectivity index (χ1) is 10.1. The first kappa shape index (κ1) is 15.7. The SMILES string of the molecule is CCCCCCCC(=O)c1c(O)cc2c(c1O)CCCO2. The normalized spacial score (nSPS) is 13.6. The Morgan fingerprint density at radius 3 is 2.76 bits per heavy atom. The fourth-order valence-electron chi connectivity index (χ4n) is 2.76. The first-order valence-electron chi connectivity index (χ1n) is 7.89. The van der Waals surface area contributed by atoms with Crippen molar-refractivity contribution < 1.29 is 19.7 Å². The number of ether oxygens (including phenoxy) is 1. The van der Waals surface area contributed by atoms with E-state index in [1.807, 2.05) is 0 Å². The Kier molecular flexibility index (Phi) is 5.48. The quantitative estimate of drug-likeness (QED) is 0.589. The molecule has 0 atom stereocenters. The van der Waals surface area contributed by atoms with Crippen LogP contribution in [-0.2, 0) is 6.42 Å². The van der Waals surface area contributed by atoms with Gasteiger partial charge < -0.3 is 14.9 Å². The number of hydrogen-bond acceptors (Lipinski definition) is 4. The van der Waals surface area contributed by atoms with E-state index in [-0.39, 0.29) is 22.8 Å². The molecule has 0 aliphatic carbocycles. The predicted octanol–water partition coefficient (Wildman–Crippen LogP) is 3.97. The number of Topliss-reactive ketones (excluding diaryl/α,β-unsaturated/α-hetero) is 1. The number of ketones is 1. The summed E-state index contributed by atoms with van der Waals surface area (Å²) < 4.78 is 5.41. The van der Waals surface area contributed by atoms with Crippen molar-refractivity contribution in [2.24, 2.45) is 0 Å². The van der Waals surface area contributed by atoms with Crippen molar-refractivity contribution in [2.75, 3.05) is 6.61 Å². The summed E-state index contributed by atoms with van der Waals surface area (Å²) in [6.45, 7) is 2.73. The van der Waals surface area contributed by atoms with Crippen molar-refractivity contribution in [1.82, 2.24) is 0 Å². The minimum absolute atomic E-state index is 0.0646. The van der Waals surface area contributed by atoms with Crippen molar-refractivity contribution in [3.05, 3.63) is 17.2 Å². The molecule has 1 aliphatic rings. The van der Waals surface area contributed by atoms with E-state index in [4.69, 9.17) is 4.74 Å². The summed E-state index contributed by atoms with van der Waals surface area (Å²) in [4.78, 5) is 12.2. The highest BCUT2D eigenvalue weighted by atomic mass is 16.5. The van der Waals surface area contributed by atoms with Gasteiger partial charge in [0.15, 0.2) is 5.78 Å². The average Bonchev–Trinajstić information content (AvgIpc) is 2.47. The highest BCUT2D eigenvalue weighted by Gasteiger charge is 2.24. The van der Waals surface area contributed by atoms with Gasteiger partial charge in [-0.3, -0.25) is 4.79 Å². The number of carbonyl (C=O) groups excluding carboxylic acids is 1. The molecule has 21 heavy (non-hydrogen) atoms. The van der Waals surface area contributed by atoms with Gasteiger partial charge in [-0.25, -0.2) is 0 Å². The Balaban J connectivity index is 2.06. The minimum atomic E-state index is -0.185. The molecule has 116 valence electrons. The maximum Gasteiger partial charge on any atom is 0.170 e. The Bertz CT molecular complexity index is 508. The van der Waals surface area contributed by atoms with Gasteiger partial charge >= 0.3 is 0 Å². The van der Waals surface area contributed by atoms with Crippen LogP contribution in [0, 0.1) is 0 Å². The summed E-state index contributed by atoms with van der Waals surface area (Å²) in [5, 5.41) is 20.3. The highest BCUT2D eigenvalue weighted by molar-refractivity contribution is 6.01. The topological polar surface area (TPSA) is 66.8 Å². The zero-order valence-electron chi connectivity index (χ0n) is 12.7. The molecular weight excluding hydrogens is 268 g/mol. The van der Waals surface area contributed by atoms with Crippen LogP contribution in [0.4, 0.5) is 0 Å². The van der Waals surface area contributed by atoms with Crippen molar-refractivity contribution in [3.63, 3.8) is 0 Å². The molecule has 0 spiro atoms. The van der Waals surface area contributed by atoms with E-state index in [1.165, 1.54) is 18.9 Å². The molecule has 1 aromatic carbocycles. The molecule has 0 aromatic heterocycles. The first-order valence-corrected chi connectivity index (χ1v) is 7.89. The number of rotatable bonds is 7. The van der Waals surface area contributed by atoms with E-state index >= 15 is 0 Å². The smallest absolute Gasteiger partial charge is 0.170 e. The second-order valence-electron chi connectivity index (χ2n) is 5.64. The summed E-state index contributed by atoms with van der Waals surface area (Å²) in [6.07, 6.45) is 7.14. The molecule has 1 heterocycles. The van der Waals surface area contributed by atoms with Crippen molar-refractivity contribution in [2.45, 2.75) is 58.3 Å². The van der Waals surface area contributed by atoms with Gasteiger partial charge in [-0.1, -0.05) is 32.6 Å². The van der Waals surface area contributed by atoms with E-state index in [9.17, 15) is 15.0 Å². The number of unbranched alkanes of at least 4 members (excludes halogenated alkanes) is 4. The predicted molar refractivity (Wildman–Crippen MR) is 81.3 cm³/mol. The fourth-order valence-corrected chi connectivity index (χ4v) is 2.76. The minimum Gasteiger partial charge on any atom is -0.507 e. The molecule has 2 rings (SSSR count). The molecule has 0 amide bonds. The Hall–Kier alpha value is -1.71. The average molecular weight is 292 g/mol. The van der Waals surface area contributed by atoms with Gasteiger partial charge in [0.1, 0.15) is 22.8 Å². The third-order valence-electron chi connectivity index (χ3n) is 3.96. The Labute approximate surface area is 125 Å². The molecule has 0 saturated heterocycles. The van der Waals surface area contributed by atoms with E-state index in [0.717, 1.165) is 25.7 Å². The summed E-state index contributed by atoms with van der Waals surface area (Å²) in [6, 6.07) is 1.46. The molecule has 2 N–H and O–H groups in total. The third-order valence-corrected chi connectivity index (χ3v) is 3.96. The molecule has 0 fully saturated rings. The van der Waals surface area contributed by atoms with Crippen LogP contribution in [0.15, 0.2) is 6.07 Å². The Morgan fingerprint density at radius 2 is 2.00 bits per heavy atom. The van der Waals surface area contributed by atoms with Gasteiger partial charge in [0, 0.05) is 18.1 Å². The zero-order valence-corrected chi connectivity index (χ0v) is 12.7. The summed E-state index contributed by atoms with van der Waals surface area (Å²) in [5.41, 5.74) is 0.711. The summed E-state index contributed by atoms with van der Waals surface area (Å²) in [7, 11) is 0. The van der Waals surface area contributed by atoms with Crippen molar-refractivity contribution in [1.29, 1.82) is 0 Å². The molecule has 4 nitrogen and oxygen atoms in total. The van der Waals surface area contributed by atoms with Crippen LogP contribution >= 0.6 is 0 Å². The van der Waals surface area contributed by atoms with Gasteiger partial charge in [-0.05, 0) is 19.3 Å². The van der Waals surface area contributed by atoms with Gasteiger partial charge in [0.25, 0.3) is 0 Å². The molecule has 0 radical (unpaired) electrons. The van der Waals surface area contributed by atoms with Crippen molar-refractivity contribution >= 4 is 5.78 Å². The number of hydrogen-bond donors (Lipinski definition) is 2. The lowest BCUT2D eigenvalue weighted by atomic mass is 9.96. The highest BCUT2D eigenvalue weighted by Crippen LogP contribution is 2.41. The number of phenols is 2. The largest absolute Gasteiger partial charge is 0.507 e. The second kappa shape index (κ2) is 7.34. The number of benzene rings is 1. The van der Waals surface area contributed by atoms with Gasteiger partial charge in [0.2, 0.25) is 0 Å². The number of fused-ring (bicyclic) bond motifs is 1. The summed E-state index contributed by atoms with van der Waals surface area (Å²) >= 11 is 0. The molecule has 1 aromatic rings. The zero-order chi connectivity index (χ0) is 15.2. The molecule has 1 aliphatic heterocycles. The van der Waals surface area contributed by atoms with Crippen LogP contribution < -0.4 is 4.74 Å².